The lowest BCUT2D eigenvalue weighted by atomic mass is 9.88. The van der Waals surface area contributed by atoms with Crippen LogP contribution < -0.4 is 10.6 Å². The van der Waals surface area contributed by atoms with Gasteiger partial charge in [-0.3, -0.25) is 14.8 Å². The predicted octanol–water partition coefficient (Wildman–Crippen LogP) is 5.77. The molecule has 4 rings (SSSR count). The molecule has 0 spiro atoms. The molecule has 1 fully saturated rings. The van der Waals surface area contributed by atoms with Gasteiger partial charge >= 0.3 is 0 Å². The van der Waals surface area contributed by atoms with Gasteiger partial charge in [-0.25, -0.2) is 4.98 Å². The van der Waals surface area contributed by atoms with Gasteiger partial charge in [0.05, 0.1) is 12.7 Å². The van der Waals surface area contributed by atoms with E-state index in [-0.39, 0.29) is 0 Å². The second-order valence-electron chi connectivity index (χ2n) is 8.71. The first-order valence-electron chi connectivity index (χ1n) is 11.4. The van der Waals surface area contributed by atoms with Crippen LogP contribution in [0.15, 0.2) is 24.4 Å². The number of aromatic nitrogens is 4. The molecule has 1 aromatic carbocycles. The van der Waals surface area contributed by atoms with Crippen molar-refractivity contribution in [3.63, 3.8) is 0 Å². The van der Waals surface area contributed by atoms with Gasteiger partial charge < -0.3 is 10.6 Å². The number of rotatable bonds is 8. The number of hydrogen-bond acceptors (Lipinski definition) is 7. The number of hydrogen-bond donors (Lipinski definition) is 3. The predicted molar refractivity (Wildman–Crippen MR) is 137 cm³/mol. The van der Waals surface area contributed by atoms with Crippen molar-refractivity contribution in [2.24, 2.45) is 0 Å². The number of H-pyrrole nitrogens is 1. The molecule has 0 aliphatic carbocycles. The minimum Gasteiger partial charge on any atom is -0.324 e. The van der Waals surface area contributed by atoms with E-state index in [9.17, 15) is 4.79 Å². The Hall–Kier alpha value is -2.68. The number of Topliss-reactive ketones (excluding diaryl/α,β-unsaturated/α-hetero) is 1. The smallest absolute Gasteiger partial charge is 0.229 e. The third-order valence-electron chi connectivity index (χ3n) is 6.11. The van der Waals surface area contributed by atoms with Gasteiger partial charge in [0, 0.05) is 28.9 Å². The average Bonchev–Trinajstić information content (AvgIpc) is 3.23. The maximum absolute atomic E-state index is 11.8. The van der Waals surface area contributed by atoms with Gasteiger partial charge in [-0.05, 0) is 62.9 Å². The number of nitrogens with zero attached hydrogens (tertiary/aromatic N) is 4. The average molecular weight is 502 g/mol. The van der Waals surface area contributed by atoms with Crippen molar-refractivity contribution in [2.45, 2.75) is 46.0 Å². The van der Waals surface area contributed by atoms with Gasteiger partial charge in [-0.1, -0.05) is 36.2 Å². The molecular weight excluding hydrogens is 473 g/mol. The number of piperidine rings is 1. The van der Waals surface area contributed by atoms with Crippen LogP contribution in [-0.2, 0) is 4.79 Å². The molecule has 1 aliphatic heterocycles. The fourth-order valence-corrected chi connectivity index (χ4v) is 4.61. The summed E-state index contributed by atoms with van der Waals surface area (Å²) in [5, 5.41) is 14.5. The molecular formula is C24H29Cl2N7O. The van der Waals surface area contributed by atoms with Crippen LogP contribution >= 0.6 is 23.2 Å². The van der Waals surface area contributed by atoms with E-state index in [0.717, 1.165) is 53.5 Å². The van der Waals surface area contributed by atoms with Crippen LogP contribution in [0, 0.1) is 13.8 Å². The minimum absolute atomic E-state index is 0.296. The number of carbonyl (C=O) groups excluding carboxylic acids is 1. The summed E-state index contributed by atoms with van der Waals surface area (Å²) >= 11 is 13.0. The van der Waals surface area contributed by atoms with Gasteiger partial charge in [-0.2, -0.15) is 10.1 Å². The van der Waals surface area contributed by atoms with Crippen molar-refractivity contribution < 1.29 is 4.79 Å². The number of anilines is 4. The van der Waals surface area contributed by atoms with Crippen LogP contribution in [0.4, 0.5) is 23.3 Å². The molecule has 34 heavy (non-hydrogen) atoms. The number of aromatic amines is 1. The molecule has 0 radical (unpaired) electrons. The summed E-state index contributed by atoms with van der Waals surface area (Å²) in [6.07, 6.45) is 4.12. The van der Waals surface area contributed by atoms with Crippen molar-refractivity contribution >= 4 is 52.3 Å². The van der Waals surface area contributed by atoms with E-state index in [2.05, 4.69) is 41.8 Å². The molecule has 3 N–H and O–H groups in total. The Morgan fingerprint density at radius 1 is 1.15 bits per heavy atom. The lowest BCUT2D eigenvalue weighted by Gasteiger charge is -2.32. The Kier molecular flexibility index (Phi) is 7.70. The van der Waals surface area contributed by atoms with Gasteiger partial charge in [0.1, 0.15) is 10.8 Å². The second kappa shape index (κ2) is 10.7. The minimum atomic E-state index is 0.296. The van der Waals surface area contributed by atoms with Crippen molar-refractivity contribution in [1.82, 2.24) is 25.1 Å². The molecule has 10 heteroatoms. The number of nitrogens with one attached hydrogen (secondary N) is 3. The topological polar surface area (TPSA) is 98.8 Å². The highest BCUT2D eigenvalue weighted by Crippen LogP contribution is 2.36. The number of likely N-dealkylation sites (tertiary alicyclic amines) is 1. The number of ketones is 1. The van der Waals surface area contributed by atoms with Crippen molar-refractivity contribution in [1.29, 1.82) is 0 Å². The summed E-state index contributed by atoms with van der Waals surface area (Å²) in [6.45, 7) is 8.25. The van der Waals surface area contributed by atoms with Gasteiger partial charge in [0.25, 0.3) is 0 Å². The maximum atomic E-state index is 11.8. The van der Waals surface area contributed by atoms with E-state index < -0.39 is 0 Å². The highest BCUT2D eigenvalue weighted by molar-refractivity contribution is 6.33. The Bertz CT molecular complexity index is 1170. The fraction of sp³-hybridized carbons (Fsp3) is 0.417. The van der Waals surface area contributed by atoms with E-state index in [1.165, 1.54) is 0 Å². The van der Waals surface area contributed by atoms with Crippen molar-refractivity contribution in [2.75, 3.05) is 30.3 Å². The molecule has 0 atom stereocenters. The first-order valence-corrected chi connectivity index (χ1v) is 12.2. The molecule has 3 aromatic rings. The molecule has 8 nitrogen and oxygen atoms in total. The molecule has 180 valence electrons. The summed E-state index contributed by atoms with van der Waals surface area (Å²) in [7, 11) is 0. The van der Waals surface area contributed by atoms with Crippen LogP contribution in [0.3, 0.4) is 0 Å². The number of carbonyl (C=O) groups is 1. The molecule has 1 saturated heterocycles. The zero-order valence-electron chi connectivity index (χ0n) is 19.6. The SMILES string of the molecule is CCC(=O)CN1CCC(c2cc(C)c(Nc3ncc(Cl)c(Nc4cc(C)[nH]n4)n3)cc2Cl)CC1. The van der Waals surface area contributed by atoms with Gasteiger partial charge in [0.15, 0.2) is 11.6 Å². The Labute approximate surface area is 209 Å². The molecule has 3 heterocycles. The summed E-state index contributed by atoms with van der Waals surface area (Å²) in [5.74, 6) is 2.16. The van der Waals surface area contributed by atoms with Crippen molar-refractivity contribution in [3.8, 4) is 0 Å². The van der Waals surface area contributed by atoms with Crippen LogP contribution in [0.2, 0.25) is 10.0 Å². The largest absolute Gasteiger partial charge is 0.324 e. The summed E-state index contributed by atoms with van der Waals surface area (Å²) in [6, 6.07) is 5.94. The van der Waals surface area contributed by atoms with E-state index in [1.807, 2.05) is 32.9 Å². The van der Waals surface area contributed by atoms with E-state index >= 15 is 0 Å². The number of aryl methyl sites for hydroxylation is 2. The van der Waals surface area contributed by atoms with Gasteiger partial charge in [0.2, 0.25) is 5.95 Å². The zero-order chi connectivity index (χ0) is 24.2. The van der Waals surface area contributed by atoms with E-state index in [0.29, 0.717) is 47.3 Å². The summed E-state index contributed by atoms with van der Waals surface area (Å²) in [4.78, 5) is 22.8. The Morgan fingerprint density at radius 2 is 1.91 bits per heavy atom. The maximum Gasteiger partial charge on any atom is 0.229 e. The van der Waals surface area contributed by atoms with Crippen LogP contribution in [0.1, 0.15) is 48.9 Å². The first kappa shape index (κ1) is 24.4. The Balaban J connectivity index is 1.45. The Morgan fingerprint density at radius 3 is 2.59 bits per heavy atom. The molecule has 0 saturated carbocycles. The van der Waals surface area contributed by atoms with E-state index in [4.69, 9.17) is 23.2 Å². The summed E-state index contributed by atoms with van der Waals surface area (Å²) < 4.78 is 0. The third-order valence-corrected chi connectivity index (χ3v) is 6.71. The highest BCUT2D eigenvalue weighted by atomic mass is 35.5. The monoisotopic (exact) mass is 501 g/mol. The third kappa shape index (κ3) is 5.87. The highest BCUT2D eigenvalue weighted by Gasteiger charge is 2.24. The zero-order valence-corrected chi connectivity index (χ0v) is 21.1. The quantitative estimate of drug-likeness (QED) is 0.360. The number of halogens is 2. The first-order chi connectivity index (χ1) is 16.3. The van der Waals surface area contributed by atoms with Crippen molar-refractivity contribution in [3.05, 3.63) is 51.3 Å². The van der Waals surface area contributed by atoms with Crippen LogP contribution in [-0.4, -0.2) is 50.5 Å². The molecule has 1 aliphatic rings. The number of benzene rings is 1. The standard InChI is InChI=1S/C24H29Cl2N7O/c1-4-17(34)13-33-7-5-16(6-8-33)18-9-14(2)21(11-19(18)25)28-24-27-12-20(26)23(30-24)29-22-10-15(3)31-32-22/h9-12,16H,4-8,13H2,1-3H3,(H3,27,28,29,30,31,32). The summed E-state index contributed by atoms with van der Waals surface area (Å²) in [5.41, 5.74) is 3.97. The molecule has 0 bridgehead atoms. The second-order valence-corrected chi connectivity index (χ2v) is 9.52. The fourth-order valence-electron chi connectivity index (χ4n) is 4.15. The lowest BCUT2D eigenvalue weighted by Crippen LogP contribution is -2.36. The molecule has 0 unspecified atom stereocenters. The molecule has 0 amide bonds. The molecule has 2 aromatic heterocycles. The van der Waals surface area contributed by atoms with Gasteiger partial charge in [-0.15, -0.1) is 0 Å². The normalized spacial score (nSPS) is 14.9. The van der Waals surface area contributed by atoms with E-state index in [1.54, 1.807) is 6.20 Å². The van der Waals surface area contributed by atoms with Crippen LogP contribution in [0.5, 0.6) is 0 Å². The lowest BCUT2D eigenvalue weighted by molar-refractivity contribution is -0.120. The van der Waals surface area contributed by atoms with Crippen LogP contribution in [0.25, 0.3) is 0 Å².